The highest BCUT2D eigenvalue weighted by Gasteiger charge is 2.08. The van der Waals surface area contributed by atoms with Gasteiger partial charge in [0.25, 0.3) is 5.91 Å². The van der Waals surface area contributed by atoms with Gasteiger partial charge >= 0.3 is 0 Å². The lowest BCUT2D eigenvalue weighted by atomic mass is 10.2. The number of aromatic nitrogens is 2. The van der Waals surface area contributed by atoms with Gasteiger partial charge in [-0.25, -0.2) is 9.97 Å². The van der Waals surface area contributed by atoms with Gasteiger partial charge in [0.1, 0.15) is 0 Å². The number of benzene rings is 1. The molecule has 0 bridgehead atoms. The topological polar surface area (TPSA) is 80.0 Å². The normalized spacial score (nSPS) is 10.3. The average Bonchev–Trinajstić information content (AvgIpc) is 3.02. The van der Waals surface area contributed by atoms with Crippen LogP contribution in [0.5, 0.6) is 0 Å². The van der Waals surface area contributed by atoms with Gasteiger partial charge in [-0.3, -0.25) is 4.79 Å². The Labute approximate surface area is 133 Å². The van der Waals surface area contributed by atoms with Crippen LogP contribution in [-0.4, -0.2) is 15.9 Å². The molecule has 0 atom stereocenters. The second-order valence-corrected chi connectivity index (χ2v) is 5.11. The molecule has 23 heavy (non-hydrogen) atoms. The van der Waals surface area contributed by atoms with E-state index in [2.05, 4.69) is 20.6 Å². The number of carbonyl (C=O) groups excluding carboxylic acids is 1. The minimum absolute atomic E-state index is 0.274. The molecule has 0 fully saturated rings. The standard InChI is InChI=1S/C17H16N4O2/c1-11-10-12(2)19-17(18-11)21-14-7-5-13(6-8-14)20-16(22)15-4-3-9-23-15/h3-10H,1-2H3,(H,20,22)(H,18,19,21). The van der Waals surface area contributed by atoms with Crippen molar-refractivity contribution in [3.8, 4) is 0 Å². The minimum atomic E-state index is -0.284. The predicted octanol–water partition coefficient (Wildman–Crippen LogP) is 3.68. The van der Waals surface area contributed by atoms with Crippen molar-refractivity contribution in [1.29, 1.82) is 0 Å². The smallest absolute Gasteiger partial charge is 0.291 e. The quantitative estimate of drug-likeness (QED) is 0.768. The maximum absolute atomic E-state index is 11.9. The number of carbonyl (C=O) groups is 1. The number of hydrogen-bond donors (Lipinski definition) is 2. The van der Waals surface area contributed by atoms with Gasteiger partial charge in [-0.2, -0.15) is 0 Å². The van der Waals surface area contributed by atoms with Gasteiger partial charge in [0.15, 0.2) is 5.76 Å². The van der Waals surface area contributed by atoms with E-state index in [1.54, 1.807) is 24.3 Å². The minimum Gasteiger partial charge on any atom is -0.459 e. The van der Waals surface area contributed by atoms with Crippen molar-refractivity contribution in [3.63, 3.8) is 0 Å². The van der Waals surface area contributed by atoms with Crippen LogP contribution in [-0.2, 0) is 0 Å². The number of anilines is 3. The van der Waals surface area contributed by atoms with Crippen molar-refractivity contribution in [3.05, 3.63) is 65.9 Å². The summed E-state index contributed by atoms with van der Waals surface area (Å²) in [6.45, 7) is 3.85. The van der Waals surface area contributed by atoms with Crippen LogP contribution in [0.15, 0.2) is 53.1 Å². The van der Waals surface area contributed by atoms with Crippen LogP contribution in [0.3, 0.4) is 0 Å². The third-order valence-electron chi connectivity index (χ3n) is 3.13. The summed E-state index contributed by atoms with van der Waals surface area (Å²) in [5, 5.41) is 5.90. The lowest BCUT2D eigenvalue weighted by Crippen LogP contribution is -2.10. The summed E-state index contributed by atoms with van der Waals surface area (Å²) in [5.41, 5.74) is 3.33. The fourth-order valence-electron chi connectivity index (χ4n) is 2.15. The van der Waals surface area contributed by atoms with E-state index in [0.717, 1.165) is 17.1 Å². The van der Waals surface area contributed by atoms with E-state index in [-0.39, 0.29) is 11.7 Å². The Morgan fingerprint density at radius 2 is 1.65 bits per heavy atom. The predicted molar refractivity (Wildman–Crippen MR) is 87.9 cm³/mol. The lowest BCUT2D eigenvalue weighted by Gasteiger charge is -2.08. The van der Waals surface area contributed by atoms with Crippen molar-refractivity contribution in [2.45, 2.75) is 13.8 Å². The molecule has 2 N–H and O–H groups in total. The molecule has 1 aromatic carbocycles. The zero-order valence-electron chi connectivity index (χ0n) is 12.8. The Hall–Kier alpha value is -3.15. The van der Waals surface area contributed by atoms with Gasteiger partial charge in [-0.15, -0.1) is 0 Å². The number of amides is 1. The van der Waals surface area contributed by atoms with Crippen molar-refractivity contribution in [2.75, 3.05) is 10.6 Å². The summed E-state index contributed by atoms with van der Waals surface area (Å²) in [4.78, 5) is 20.5. The molecule has 0 saturated heterocycles. The number of rotatable bonds is 4. The number of nitrogens with one attached hydrogen (secondary N) is 2. The molecule has 0 aliphatic carbocycles. The van der Waals surface area contributed by atoms with Gasteiger partial charge in [-0.1, -0.05) is 0 Å². The number of aryl methyl sites for hydroxylation is 2. The fraction of sp³-hybridized carbons (Fsp3) is 0.118. The van der Waals surface area contributed by atoms with Crippen LogP contribution in [0.25, 0.3) is 0 Å². The molecule has 6 nitrogen and oxygen atoms in total. The van der Waals surface area contributed by atoms with Gasteiger partial charge < -0.3 is 15.1 Å². The molecule has 0 spiro atoms. The van der Waals surface area contributed by atoms with Gasteiger partial charge in [0, 0.05) is 22.8 Å². The SMILES string of the molecule is Cc1cc(C)nc(Nc2ccc(NC(=O)c3ccco3)cc2)n1. The molecule has 0 saturated carbocycles. The van der Waals surface area contributed by atoms with Crippen LogP contribution in [0.4, 0.5) is 17.3 Å². The molecule has 6 heteroatoms. The Morgan fingerprint density at radius 3 is 2.26 bits per heavy atom. The van der Waals surface area contributed by atoms with Gasteiger partial charge in [0.2, 0.25) is 5.95 Å². The molecule has 2 heterocycles. The van der Waals surface area contributed by atoms with Crippen molar-refractivity contribution >= 4 is 23.2 Å². The number of hydrogen-bond acceptors (Lipinski definition) is 5. The highest BCUT2D eigenvalue weighted by Crippen LogP contribution is 2.18. The molecule has 0 radical (unpaired) electrons. The molecule has 0 aliphatic heterocycles. The van der Waals surface area contributed by atoms with Crippen molar-refractivity contribution in [1.82, 2.24) is 9.97 Å². The van der Waals surface area contributed by atoms with E-state index in [0.29, 0.717) is 11.6 Å². The summed E-state index contributed by atoms with van der Waals surface area (Å²) in [5.74, 6) is 0.541. The van der Waals surface area contributed by atoms with E-state index in [1.165, 1.54) is 6.26 Å². The first-order valence-electron chi connectivity index (χ1n) is 7.14. The lowest BCUT2D eigenvalue weighted by molar-refractivity contribution is 0.0996. The highest BCUT2D eigenvalue weighted by molar-refractivity contribution is 6.02. The van der Waals surface area contributed by atoms with Gasteiger partial charge in [-0.05, 0) is 56.3 Å². The van der Waals surface area contributed by atoms with E-state index in [1.807, 2.05) is 32.0 Å². The summed E-state index contributed by atoms with van der Waals surface area (Å²) in [6, 6.07) is 12.5. The Morgan fingerprint density at radius 1 is 1.00 bits per heavy atom. The van der Waals surface area contributed by atoms with Gasteiger partial charge in [0.05, 0.1) is 6.26 Å². The zero-order valence-corrected chi connectivity index (χ0v) is 12.8. The largest absolute Gasteiger partial charge is 0.459 e. The zero-order chi connectivity index (χ0) is 16.2. The first kappa shape index (κ1) is 14.8. The summed E-state index contributed by atoms with van der Waals surface area (Å²) in [6.07, 6.45) is 1.46. The highest BCUT2D eigenvalue weighted by atomic mass is 16.3. The Bertz CT molecular complexity index is 791. The van der Waals surface area contributed by atoms with E-state index < -0.39 is 0 Å². The van der Waals surface area contributed by atoms with Crippen LogP contribution >= 0.6 is 0 Å². The first-order chi connectivity index (χ1) is 11.1. The Balaban J connectivity index is 1.68. The molecular weight excluding hydrogens is 292 g/mol. The van der Waals surface area contributed by atoms with Crippen LogP contribution < -0.4 is 10.6 Å². The molecule has 1 amide bonds. The first-order valence-corrected chi connectivity index (χ1v) is 7.14. The molecule has 0 unspecified atom stereocenters. The number of furan rings is 1. The van der Waals surface area contributed by atoms with Crippen molar-refractivity contribution < 1.29 is 9.21 Å². The van der Waals surface area contributed by atoms with E-state index >= 15 is 0 Å². The summed E-state index contributed by atoms with van der Waals surface area (Å²) < 4.78 is 5.05. The average molecular weight is 308 g/mol. The van der Waals surface area contributed by atoms with E-state index in [4.69, 9.17) is 4.42 Å². The molecule has 3 rings (SSSR count). The number of nitrogens with zero attached hydrogens (tertiary/aromatic N) is 2. The molecule has 0 aliphatic rings. The molecule has 2 aromatic heterocycles. The maximum atomic E-state index is 11.9. The third-order valence-corrected chi connectivity index (χ3v) is 3.13. The second kappa shape index (κ2) is 6.31. The summed E-state index contributed by atoms with van der Waals surface area (Å²) >= 11 is 0. The maximum Gasteiger partial charge on any atom is 0.291 e. The fourth-order valence-corrected chi connectivity index (χ4v) is 2.15. The van der Waals surface area contributed by atoms with Crippen LogP contribution in [0.2, 0.25) is 0 Å². The summed E-state index contributed by atoms with van der Waals surface area (Å²) in [7, 11) is 0. The molecule has 3 aromatic rings. The van der Waals surface area contributed by atoms with Crippen LogP contribution in [0.1, 0.15) is 21.9 Å². The monoisotopic (exact) mass is 308 g/mol. The van der Waals surface area contributed by atoms with E-state index in [9.17, 15) is 4.79 Å². The molecular formula is C17H16N4O2. The van der Waals surface area contributed by atoms with Crippen LogP contribution in [0, 0.1) is 13.8 Å². The second-order valence-electron chi connectivity index (χ2n) is 5.11. The molecule has 116 valence electrons. The third kappa shape index (κ3) is 3.74. The van der Waals surface area contributed by atoms with Crippen molar-refractivity contribution in [2.24, 2.45) is 0 Å². The Kier molecular flexibility index (Phi) is 4.05.